The van der Waals surface area contributed by atoms with Crippen molar-refractivity contribution in [2.75, 3.05) is 32.7 Å². The molecule has 0 spiro atoms. The van der Waals surface area contributed by atoms with Gasteiger partial charge in [-0.2, -0.15) is 13.2 Å². The maximum atomic E-state index is 13.6. The molecule has 2 aromatic carbocycles. The van der Waals surface area contributed by atoms with E-state index < -0.39 is 17.8 Å². The first-order chi connectivity index (χ1) is 49.8. The molecule has 2 aliphatic rings. The van der Waals surface area contributed by atoms with Gasteiger partial charge in [0.1, 0.15) is 0 Å². The number of urea groups is 1. The molecular weight excluding hydrogens is 2530 g/mol. The number of likely N-dealkylation sites (tertiary alicyclic amines) is 1. The van der Waals surface area contributed by atoms with Crippen molar-refractivity contribution in [2.45, 2.75) is 58.3 Å². The highest BCUT2D eigenvalue weighted by Crippen LogP contribution is 2.37. The van der Waals surface area contributed by atoms with Gasteiger partial charge in [-0.05, 0) is 47.4 Å². The minimum atomic E-state index is -4.39. The Balaban J connectivity index is 0.000000587. The van der Waals surface area contributed by atoms with E-state index in [1.807, 2.05) is 453 Å². The molecule has 0 bridgehead atoms. The number of nitrogens with two attached hydrogens (primary N) is 1. The molecule has 72 heteroatoms. The molecule has 590 valence electrons. The Morgan fingerprint density at radius 3 is 0.882 bits per heavy atom. The second-order valence-electron chi connectivity index (χ2n) is 16.0. The van der Waals surface area contributed by atoms with Crippen molar-refractivity contribution in [3.8, 4) is 0 Å². The van der Waals surface area contributed by atoms with Gasteiger partial charge in [-0.15, -0.1) is 0 Å². The molecule has 2 fully saturated rings. The Labute approximate surface area is 773 Å². The number of carbonyl (C=O) groups is 2. The summed E-state index contributed by atoms with van der Waals surface area (Å²) in [6.07, 6.45) is -2.42. The van der Waals surface area contributed by atoms with Crippen molar-refractivity contribution in [1.29, 1.82) is 0 Å². The molecule has 102 heavy (non-hydrogen) atoms. The van der Waals surface area contributed by atoms with E-state index in [0.717, 1.165) is 36.1 Å². The number of hydrogen-bond donors (Lipinski definition) is 1. The van der Waals surface area contributed by atoms with Gasteiger partial charge in [-0.25, -0.2) is 4.79 Å². The minimum Gasteiger partial charge on any atom is -0.351 e. The molecule has 0 saturated carbocycles. The number of piperazine rings is 1. The number of amides is 3. The summed E-state index contributed by atoms with van der Waals surface area (Å²) in [6.45, 7) is 9.30. The predicted molar refractivity (Wildman–Crippen MR) is 609 cm³/mol. The fourth-order valence-corrected chi connectivity index (χ4v) is 168. The van der Waals surface area contributed by atoms with Crippen molar-refractivity contribution in [3.63, 3.8) is 0 Å². The van der Waals surface area contributed by atoms with Gasteiger partial charge in [-0.1, -0.05) is 63.2 Å². The van der Waals surface area contributed by atoms with Gasteiger partial charge in [-0.3, -0.25) is 9.69 Å². The molecule has 3 amide bonds. The summed E-state index contributed by atoms with van der Waals surface area (Å²) in [6, 6.07) is 14.6. The van der Waals surface area contributed by atoms with Gasteiger partial charge < -0.3 is 15.5 Å². The second kappa shape index (κ2) is 76.7. The third-order valence-corrected chi connectivity index (χ3v) is 143. The van der Waals surface area contributed by atoms with Crippen molar-refractivity contribution < 1.29 is 22.8 Å². The van der Waals surface area contributed by atoms with E-state index in [1.54, 1.807) is 124 Å². The monoisotopic (exact) mass is 2560 g/mol. The first-order valence-electron chi connectivity index (χ1n) is 24.0. The summed E-state index contributed by atoms with van der Waals surface area (Å²) in [5.74, 6) is 0.342. The Hall–Kier alpha value is 10.8. The van der Waals surface area contributed by atoms with Crippen LogP contribution in [0.1, 0.15) is 62.8 Å². The zero-order valence-corrected chi connectivity index (χ0v) is 100. The summed E-state index contributed by atoms with van der Waals surface area (Å²) in [5.41, 5.74) is 6.33. The van der Waals surface area contributed by atoms with Crippen LogP contribution < -0.4 is 5.73 Å². The smallest absolute Gasteiger partial charge is 0.351 e. The lowest BCUT2D eigenvalue weighted by Gasteiger charge is -2.50. The van der Waals surface area contributed by atoms with E-state index in [-0.39, 0.29) is 29.3 Å². The highest BCUT2D eigenvalue weighted by Gasteiger charge is 2.41. The number of alkyl halides is 3. The molecule has 2 aliphatic heterocycles. The van der Waals surface area contributed by atoms with Crippen molar-refractivity contribution in [1.82, 2.24) is 14.7 Å². The van der Waals surface area contributed by atoms with E-state index in [4.69, 9.17) is 28.1 Å². The van der Waals surface area contributed by atoms with Gasteiger partial charge in [0.25, 0.3) is 0 Å². The van der Waals surface area contributed by atoms with E-state index in [1.165, 1.54) is 17.8 Å². The number of benzene rings is 2. The largest absolute Gasteiger partial charge is 0.416 e. The maximum Gasteiger partial charge on any atom is 0.416 e. The minimum absolute atomic E-state index is 0.0647. The van der Waals surface area contributed by atoms with Crippen LogP contribution in [0.25, 0.3) is 0 Å². The number of rotatable bonds is 5. The van der Waals surface area contributed by atoms with Crippen LogP contribution in [0.3, 0.4) is 0 Å². The van der Waals surface area contributed by atoms with Crippen LogP contribution in [0.4, 0.5) is 18.0 Å². The lowest BCUT2D eigenvalue weighted by molar-refractivity contribution is -0.141. The molecule has 2 aromatic rings. The molecule has 1 unspecified atom stereocenters. The Kier molecular flexibility index (Phi) is 80.4. The molecule has 2 atom stereocenters. The van der Waals surface area contributed by atoms with Crippen molar-refractivity contribution in [3.05, 3.63) is 71.3 Å². The topological polar surface area (TPSA) is 69.9 Å². The Bertz CT molecular complexity index is 6100. The van der Waals surface area contributed by atoms with Crippen LogP contribution >= 0.6 is 0 Å². The van der Waals surface area contributed by atoms with Crippen LogP contribution in [0, 0.1) is 11.3 Å². The third-order valence-electron chi connectivity index (χ3n) is 9.82. The number of carbonyl (C=O) groups excluding carboxylic acids is 2. The number of nitrogens with zero attached hydrogens (tertiary/aromatic N) is 3. The Morgan fingerprint density at radius 2 is 0.647 bits per heavy atom. The van der Waals surface area contributed by atoms with Crippen LogP contribution in [-0.2, 0) is 575 Å². The predicted octanol–water partition coefficient (Wildman–Crippen LogP) is 5.38. The fraction of sp³-hybridized carbons (Fsp3) is 0.533. The zero-order chi connectivity index (χ0) is 73.5. The van der Waals surface area contributed by atoms with E-state index in [2.05, 4.69) is 25.7 Å². The number of halogens is 3. The summed E-state index contributed by atoms with van der Waals surface area (Å²) < 4.78 is 39.8. The molecule has 0 aliphatic carbocycles. The molecule has 0 radical (unpaired) electrons. The van der Waals surface area contributed by atoms with Crippen LogP contribution in [0.5, 0.6) is 0 Å². The molecule has 2 N–H and O–H groups in total. The van der Waals surface area contributed by atoms with Gasteiger partial charge >= 0.3 is 12.2 Å². The fourth-order valence-electron chi connectivity index (χ4n) is 6.57. The summed E-state index contributed by atoms with van der Waals surface area (Å²) >= 11 is 9.64. The van der Waals surface area contributed by atoms with E-state index in [0.29, 0.717) is 39.1 Å². The normalized spacial score (nSPS) is 12.7. The van der Waals surface area contributed by atoms with Gasteiger partial charge in [0.2, 0.25) is 5.91 Å². The first kappa shape index (κ1) is 107. The van der Waals surface area contributed by atoms with Gasteiger partial charge in [0.05, 0.1) is 11.6 Å². The first-order valence-corrected chi connectivity index (χ1v) is 107. The highest BCUT2D eigenvalue weighted by molar-refractivity contribution is 8.83. The number of primary amides is 1. The summed E-state index contributed by atoms with van der Waals surface area (Å²) in [4.78, 5) is 31.0. The lowest BCUT2D eigenvalue weighted by Crippen LogP contribution is -2.60. The van der Waals surface area contributed by atoms with Crippen LogP contribution in [-0.4, -0.2) is 65.4 Å². The van der Waals surface area contributed by atoms with Crippen LogP contribution in [0.15, 0.2) is 54.6 Å². The molecule has 0 aromatic heterocycles. The maximum absolute atomic E-state index is 13.6. The number of piperidine rings is 1. The van der Waals surface area contributed by atoms with Crippen LogP contribution in [0.2, 0.25) is 0 Å². The summed E-state index contributed by atoms with van der Waals surface area (Å²) in [7, 11) is 110. The van der Waals surface area contributed by atoms with E-state index in [9.17, 15) is 22.8 Å². The molecule has 2 heterocycles. The Morgan fingerprint density at radius 1 is 0.392 bits per heavy atom. The second-order valence-corrected chi connectivity index (χ2v) is 124. The molecular formula is C30H39F3N4O2S63. The standard InChI is InChI=1S/C30H39F3N4O2.S63/c1-29(2,3)25-20-36(17-18-37(25)26(38)19-21-13-15-35(16-14-21)28(34)39)27(22-7-5-4-6-8-22)23-9-11-24(12-10-23)30(31,32)33;1-3-5-7-9-11-13-15-17-19-21-23-25-27-29-31-33-35-37-39-41-43-45-47-49-51-53-55-57-59-61-63-62-60-58-56-54-52-50-48-46-44-42-40-38-36-34-32-30-28-26-24-22-20-18-16-14-12-10-8-6-4-2/h4-12,21,25,27H,13-20H2,1-3H3,(H2,34,39);/t25-,27?;/m1./s1. The third kappa shape index (κ3) is 61.1. The average molecular weight is 2560 g/mol. The zero-order valence-electron chi connectivity index (χ0n) is 48.7. The molecule has 4 rings (SSSR count). The highest BCUT2D eigenvalue weighted by atomic mass is 33.5. The molecule has 2 saturated heterocycles. The SMILES string of the molecule is CC(C)(C)[C@H]1CN(C(c2ccccc2)c2ccc(C(F)(F)F)cc2)CCN1C(=O)CC1CCN(C(N)=O)CC1.S=S=S=S=S=S=S=S=S=S=S=S=S=S=S=S=S=S=S=S=S=S=S=S=S=S=S=S=S=S=S=S=S=S=S=S=S=S=S=S=S=S=S=S=S=S=S=S=S=S=S=S=S=S=S=S=S=S=S=S=S=S=S. The molecule has 6 nitrogen and oxygen atoms in total. The van der Waals surface area contributed by atoms with Gasteiger partial charge in [0.15, 0.2) is 0 Å². The number of hydrogen-bond acceptors (Lipinski definition) is 5. The summed E-state index contributed by atoms with van der Waals surface area (Å²) in [5, 5.41) is 0. The van der Waals surface area contributed by atoms with E-state index >= 15 is 0 Å². The van der Waals surface area contributed by atoms with Gasteiger partial charge in [0, 0.05) is 609 Å². The van der Waals surface area contributed by atoms with Crippen molar-refractivity contribution in [2.24, 2.45) is 17.1 Å². The van der Waals surface area contributed by atoms with Crippen molar-refractivity contribution >= 4 is 576 Å². The lowest BCUT2D eigenvalue weighted by atomic mass is 9.82. The quantitative estimate of drug-likeness (QED) is 0.436. The average Bonchev–Trinajstić information content (AvgIpc) is 0.780.